The van der Waals surface area contributed by atoms with Crippen molar-refractivity contribution < 1.29 is 14.4 Å². The van der Waals surface area contributed by atoms with E-state index in [0.29, 0.717) is 5.88 Å². The van der Waals surface area contributed by atoms with Gasteiger partial charge in [0.05, 0.1) is 18.0 Å². The first-order valence-corrected chi connectivity index (χ1v) is 7.40. The third kappa shape index (κ3) is 3.13. The molecule has 1 heterocycles. The molecule has 2 aromatic carbocycles. The number of carbonyl (C=O) groups is 1. The normalized spacial score (nSPS) is 11.5. The Kier molecular flexibility index (Phi) is 4.58. The summed E-state index contributed by atoms with van der Waals surface area (Å²) in [6.45, 7) is 0. The van der Waals surface area contributed by atoms with Crippen molar-refractivity contribution in [3.63, 3.8) is 0 Å². The van der Waals surface area contributed by atoms with Gasteiger partial charge in [0.1, 0.15) is 0 Å². The maximum atomic E-state index is 11.9. The number of hydrogen-bond donors (Lipinski definition) is 2. The van der Waals surface area contributed by atoms with Crippen LogP contribution < -0.4 is 10.2 Å². The number of aromatic amines is 1. The fourth-order valence-corrected chi connectivity index (χ4v) is 2.52. The summed E-state index contributed by atoms with van der Waals surface area (Å²) in [6, 6.07) is 15.4. The number of fused-ring (bicyclic) bond motifs is 1. The van der Waals surface area contributed by atoms with Crippen molar-refractivity contribution >= 4 is 22.4 Å². The number of nitrogens with zero attached hydrogens (tertiary/aromatic N) is 1. The number of H-pyrrole nitrogens is 1. The highest BCUT2D eigenvalue weighted by Gasteiger charge is 2.12. The van der Waals surface area contributed by atoms with Gasteiger partial charge in [-0.2, -0.15) is 5.48 Å². The Morgan fingerprint density at radius 2 is 1.96 bits per heavy atom. The van der Waals surface area contributed by atoms with Crippen molar-refractivity contribution in [2.75, 3.05) is 14.2 Å². The van der Waals surface area contributed by atoms with Crippen molar-refractivity contribution in [2.45, 2.75) is 0 Å². The van der Waals surface area contributed by atoms with Gasteiger partial charge in [-0.15, -0.1) is 5.10 Å². The Bertz CT molecular complexity index is 885. The lowest BCUT2D eigenvalue weighted by molar-refractivity contribution is -0.143. The van der Waals surface area contributed by atoms with Crippen molar-refractivity contribution in [3.05, 3.63) is 65.7 Å². The van der Waals surface area contributed by atoms with Crippen LogP contribution in [0.5, 0.6) is 5.88 Å². The second-order valence-corrected chi connectivity index (χ2v) is 5.04. The van der Waals surface area contributed by atoms with Crippen LogP contribution in [0.3, 0.4) is 0 Å². The number of hydroxylamine groups is 1. The van der Waals surface area contributed by atoms with E-state index in [4.69, 9.17) is 9.57 Å². The third-order valence-electron chi connectivity index (χ3n) is 3.58. The molecule has 0 unspecified atom stereocenters. The summed E-state index contributed by atoms with van der Waals surface area (Å²) in [5.41, 5.74) is 5.75. The number of methoxy groups -OCH3 is 1. The molecule has 2 N–H and O–H groups in total. The molecule has 0 aliphatic heterocycles. The Balaban J connectivity index is 2.10. The molecule has 0 bridgehead atoms. The number of nitrogens with one attached hydrogen (secondary N) is 2. The zero-order valence-electron chi connectivity index (χ0n) is 13.4. The molecule has 0 spiro atoms. The molecule has 3 aromatic rings. The molecule has 0 fully saturated rings. The number of aromatic nitrogens is 2. The molecule has 0 atom stereocenters. The Hall–Kier alpha value is -3.12. The number of rotatable bonds is 5. The summed E-state index contributed by atoms with van der Waals surface area (Å²) in [6.07, 6.45) is 1.46. The first-order valence-electron chi connectivity index (χ1n) is 7.40. The number of carbonyl (C=O) groups excluding carboxylic acids is 1. The molecule has 0 amide bonds. The molecule has 0 radical (unpaired) electrons. The Morgan fingerprint density at radius 3 is 2.67 bits per heavy atom. The molecule has 122 valence electrons. The number of benzene rings is 2. The lowest BCUT2D eigenvalue weighted by Gasteiger charge is -2.09. The van der Waals surface area contributed by atoms with Crippen LogP contribution in [0.4, 0.5) is 0 Å². The number of hydrogen-bond acceptors (Lipinski definition) is 5. The van der Waals surface area contributed by atoms with Gasteiger partial charge in [0.15, 0.2) is 0 Å². The minimum Gasteiger partial charge on any atom is -0.480 e. The highest BCUT2D eigenvalue weighted by molar-refractivity contribution is 5.98. The zero-order chi connectivity index (χ0) is 16.9. The van der Waals surface area contributed by atoms with Crippen LogP contribution in [0.25, 0.3) is 16.5 Å². The average molecular weight is 323 g/mol. The molecule has 0 saturated heterocycles. The summed E-state index contributed by atoms with van der Waals surface area (Å²) < 4.78 is 5.21. The van der Waals surface area contributed by atoms with Crippen LogP contribution in [0.1, 0.15) is 11.1 Å². The second kappa shape index (κ2) is 6.97. The van der Waals surface area contributed by atoms with E-state index in [-0.39, 0.29) is 0 Å². The Morgan fingerprint density at radius 1 is 1.17 bits per heavy atom. The van der Waals surface area contributed by atoms with E-state index >= 15 is 0 Å². The van der Waals surface area contributed by atoms with E-state index in [9.17, 15) is 4.79 Å². The van der Waals surface area contributed by atoms with Gasteiger partial charge in [-0.3, -0.25) is 5.10 Å². The van der Waals surface area contributed by atoms with E-state index < -0.39 is 5.97 Å². The van der Waals surface area contributed by atoms with E-state index in [1.165, 1.54) is 13.1 Å². The zero-order valence-corrected chi connectivity index (χ0v) is 13.4. The fourth-order valence-electron chi connectivity index (χ4n) is 2.52. The molecule has 3 rings (SSSR count). The topological polar surface area (TPSA) is 76.2 Å². The molecule has 24 heavy (non-hydrogen) atoms. The summed E-state index contributed by atoms with van der Waals surface area (Å²) in [5.74, 6) is 0.0648. The summed E-state index contributed by atoms with van der Waals surface area (Å²) in [4.78, 5) is 16.7. The van der Waals surface area contributed by atoms with Gasteiger partial charge in [-0.1, -0.05) is 36.4 Å². The molecule has 6 nitrogen and oxygen atoms in total. The minimum atomic E-state index is -0.473. The molecule has 0 saturated carbocycles. The summed E-state index contributed by atoms with van der Waals surface area (Å²) in [5, 5.41) is 7.92. The van der Waals surface area contributed by atoms with Gasteiger partial charge in [0, 0.05) is 13.1 Å². The first-order chi connectivity index (χ1) is 11.7. The lowest BCUT2D eigenvalue weighted by Crippen LogP contribution is -2.13. The molecular weight excluding hydrogens is 306 g/mol. The van der Waals surface area contributed by atoms with Crippen LogP contribution >= 0.6 is 0 Å². The van der Waals surface area contributed by atoms with Gasteiger partial charge >= 0.3 is 5.97 Å². The quantitative estimate of drug-likeness (QED) is 0.558. The molecule has 1 aromatic heterocycles. The van der Waals surface area contributed by atoms with Crippen molar-refractivity contribution in [2.24, 2.45) is 0 Å². The third-order valence-corrected chi connectivity index (χ3v) is 3.58. The fraction of sp³-hybridized carbons (Fsp3) is 0.111. The van der Waals surface area contributed by atoms with Crippen LogP contribution in [-0.4, -0.2) is 30.3 Å². The van der Waals surface area contributed by atoms with Crippen LogP contribution in [0.15, 0.2) is 54.6 Å². The van der Waals surface area contributed by atoms with E-state index in [0.717, 1.165) is 27.6 Å². The van der Waals surface area contributed by atoms with Gasteiger partial charge in [-0.25, -0.2) is 4.79 Å². The van der Waals surface area contributed by atoms with E-state index in [1.807, 2.05) is 48.5 Å². The summed E-state index contributed by atoms with van der Waals surface area (Å²) >= 11 is 0. The lowest BCUT2D eigenvalue weighted by atomic mass is 9.97. The molecule has 0 aliphatic carbocycles. The maximum Gasteiger partial charge on any atom is 0.350 e. The van der Waals surface area contributed by atoms with E-state index in [1.54, 1.807) is 7.11 Å². The van der Waals surface area contributed by atoms with Gasteiger partial charge < -0.3 is 9.57 Å². The molecule has 0 aliphatic rings. The number of ether oxygens (including phenoxy) is 1. The monoisotopic (exact) mass is 323 g/mol. The largest absolute Gasteiger partial charge is 0.480 e. The smallest absolute Gasteiger partial charge is 0.350 e. The van der Waals surface area contributed by atoms with Crippen LogP contribution in [-0.2, 0) is 9.63 Å². The standard InChI is InChI=1S/C18H17N3O3/c1-19-24-17(22)11-15(12-6-4-3-5-7-12)13-8-9-14-16(10-13)20-21-18(14)23-2/h3-11,19H,1-2H3,(H,20,21). The van der Waals surface area contributed by atoms with Gasteiger partial charge in [0.25, 0.3) is 0 Å². The van der Waals surface area contributed by atoms with Gasteiger partial charge in [-0.05, 0) is 28.8 Å². The maximum absolute atomic E-state index is 11.9. The highest BCUT2D eigenvalue weighted by Crippen LogP contribution is 2.29. The van der Waals surface area contributed by atoms with E-state index in [2.05, 4.69) is 15.7 Å². The highest BCUT2D eigenvalue weighted by atomic mass is 16.7. The second-order valence-electron chi connectivity index (χ2n) is 5.04. The van der Waals surface area contributed by atoms with Crippen LogP contribution in [0.2, 0.25) is 0 Å². The first kappa shape index (κ1) is 15.8. The summed E-state index contributed by atoms with van der Waals surface area (Å²) in [7, 11) is 3.11. The van der Waals surface area contributed by atoms with Gasteiger partial charge in [0.2, 0.25) is 5.88 Å². The van der Waals surface area contributed by atoms with Crippen molar-refractivity contribution in [1.82, 2.24) is 15.7 Å². The predicted octanol–water partition coefficient (Wildman–Crippen LogP) is 2.68. The molecular formula is C18H17N3O3. The van der Waals surface area contributed by atoms with Crippen LogP contribution in [0, 0.1) is 0 Å². The predicted molar refractivity (Wildman–Crippen MR) is 91.3 cm³/mol. The minimum absolute atomic E-state index is 0.473. The SMILES string of the molecule is CNOC(=O)C=C(c1ccccc1)c1ccc2c(OC)n[nH]c2c1. The average Bonchev–Trinajstić information content (AvgIpc) is 3.03. The van der Waals surface area contributed by atoms with Crippen molar-refractivity contribution in [1.29, 1.82) is 0 Å². The molecule has 6 heteroatoms. The van der Waals surface area contributed by atoms with Crippen molar-refractivity contribution in [3.8, 4) is 5.88 Å². The Labute approximate surface area is 139 Å².